The maximum Gasteiger partial charge on any atom is 0.257 e. The van der Waals surface area contributed by atoms with Crippen LogP contribution in [0.25, 0.3) is 0 Å². The molecule has 2 aromatic rings. The Hall–Kier alpha value is -1.72. The molecule has 20 heavy (non-hydrogen) atoms. The minimum Gasteiger partial charge on any atom is -0.332 e. The number of anilines is 1. The molecule has 0 aliphatic carbocycles. The molecular formula is C15H13BrN2OS. The quantitative estimate of drug-likeness (QED) is 0.809. The normalized spacial score (nSPS) is 9.90. The van der Waals surface area contributed by atoms with Crippen molar-refractivity contribution in [1.82, 2.24) is 5.32 Å². The molecule has 2 aromatic carbocycles. The molecule has 0 atom stereocenters. The van der Waals surface area contributed by atoms with Gasteiger partial charge < -0.3 is 5.32 Å². The van der Waals surface area contributed by atoms with E-state index in [0.717, 1.165) is 10.2 Å². The van der Waals surface area contributed by atoms with Gasteiger partial charge in [-0.15, -0.1) is 0 Å². The summed E-state index contributed by atoms with van der Waals surface area (Å²) in [5.74, 6) is -0.240. The summed E-state index contributed by atoms with van der Waals surface area (Å²) in [7, 11) is 0. The van der Waals surface area contributed by atoms with E-state index in [9.17, 15) is 4.79 Å². The molecule has 0 unspecified atom stereocenters. The van der Waals surface area contributed by atoms with Crippen molar-refractivity contribution < 1.29 is 4.79 Å². The van der Waals surface area contributed by atoms with E-state index in [1.54, 1.807) is 18.2 Å². The summed E-state index contributed by atoms with van der Waals surface area (Å²) in [4.78, 5) is 12.0. The van der Waals surface area contributed by atoms with Crippen LogP contribution in [0, 0.1) is 6.92 Å². The first-order valence-corrected chi connectivity index (χ1v) is 7.19. The molecule has 5 heteroatoms. The lowest BCUT2D eigenvalue weighted by molar-refractivity contribution is 0.0977. The molecule has 102 valence electrons. The van der Waals surface area contributed by atoms with Crippen molar-refractivity contribution in [1.29, 1.82) is 0 Å². The Balaban J connectivity index is 1.97. The smallest absolute Gasteiger partial charge is 0.257 e. The maximum atomic E-state index is 12.0. The Labute approximate surface area is 131 Å². The van der Waals surface area contributed by atoms with Crippen molar-refractivity contribution in [3.8, 4) is 0 Å². The lowest BCUT2D eigenvalue weighted by atomic mass is 10.2. The van der Waals surface area contributed by atoms with Gasteiger partial charge in [-0.3, -0.25) is 10.1 Å². The van der Waals surface area contributed by atoms with E-state index in [1.807, 2.05) is 37.3 Å². The zero-order valence-corrected chi connectivity index (χ0v) is 13.2. The Bertz CT molecular complexity index is 641. The number of benzene rings is 2. The zero-order chi connectivity index (χ0) is 14.5. The highest BCUT2D eigenvalue weighted by atomic mass is 79.9. The molecule has 0 aromatic heterocycles. The van der Waals surface area contributed by atoms with E-state index in [0.29, 0.717) is 5.56 Å². The molecule has 0 fully saturated rings. The van der Waals surface area contributed by atoms with Crippen LogP contribution < -0.4 is 10.6 Å². The van der Waals surface area contributed by atoms with Crippen LogP contribution in [0.15, 0.2) is 53.0 Å². The molecule has 3 nitrogen and oxygen atoms in total. The van der Waals surface area contributed by atoms with E-state index < -0.39 is 0 Å². The van der Waals surface area contributed by atoms with Crippen molar-refractivity contribution in [3.05, 3.63) is 64.1 Å². The number of halogens is 1. The van der Waals surface area contributed by atoms with Crippen LogP contribution in [0.3, 0.4) is 0 Å². The predicted octanol–water partition coefficient (Wildman–Crippen LogP) is 3.88. The van der Waals surface area contributed by atoms with E-state index >= 15 is 0 Å². The second-order valence-corrected chi connectivity index (χ2v) is 5.61. The van der Waals surface area contributed by atoms with Gasteiger partial charge in [-0.2, -0.15) is 0 Å². The first kappa shape index (κ1) is 14.7. The molecule has 0 aliphatic rings. The lowest BCUT2D eigenvalue weighted by Gasteiger charge is -2.10. The molecule has 1 amide bonds. The van der Waals surface area contributed by atoms with E-state index in [-0.39, 0.29) is 11.0 Å². The highest BCUT2D eigenvalue weighted by Gasteiger charge is 2.08. The largest absolute Gasteiger partial charge is 0.332 e. The average molecular weight is 349 g/mol. The minimum atomic E-state index is -0.240. The average Bonchev–Trinajstić information content (AvgIpc) is 2.41. The summed E-state index contributed by atoms with van der Waals surface area (Å²) in [6, 6.07) is 14.9. The number of hydrogen-bond donors (Lipinski definition) is 2. The first-order chi connectivity index (χ1) is 9.54. The number of aryl methyl sites for hydroxylation is 1. The monoisotopic (exact) mass is 348 g/mol. The summed E-state index contributed by atoms with van der Waals surface area (Å²) < 4.78 is 0.850. The zero-order valence-electron chi connectivity index (χ0n) is 10.8. The second kappa shape index (κ2) is 6.63. The van der Waals surface area contributed by atoms with Gasteiger partial charge in [0.25, 0.3) is 5.91 Å². The third-order valence-electron chi connectivity index (χ3n) is 2.62. The topological polar surface area (TPSA) is 41.1 Å². The Kier molecular flexibility index (Phi) is 4.87. The van der Waals surface area contributed by atoms with E-state index in [1.165, 1.54) is 5.56 Å². The number of hydrogen-bond acceptors (Lipinski definition) is 2. The standard InChI is InChI=1S/C15H13BrN2OS/c1-10-5-7-13(8-6-10)17-15(20)18-14(19)11-3-2-4-12(16)9-11/h2-9H,1H3,(H2,17,18,19,20). The van der Waals surface area contributed by atoms with Crippen molar-refractivity contribution in [2.24, 2.45) is 0 Å². The van der Waals surface area contributed by atoms with Crippen LogP contribution in [0.1, 0.15) is 15.9 Å². The van der Waals surface area contributed by atoms with Crippen LogP contribution in [0.5, 0.6) is 0 Å². The fourth-order valence-electron chi connectivity index (χ4n) is 1.60. The third kappa shape index (κ3) is 4.15. The van der Waals surface area contributed by atoms with Gasteiger partial charge in [0.05, 0.1) is 0 Å². The fraction of sp³-hybridized carbons (Fsp3) is 0.0667. The van der Waals surface area contributed by atoms with Gasteiger partial charge >= 0.3 is 0 Å². The predicted molar refractivity (Wildman–Crippen MR) is 89.0 cm³/mol. The van der Waals surface area contributed by atoms with Crippen LogP contribution >= 0.6 is 28.1 Å². The number of carbonyl (C=O) groups excluding carboxylic acids is 1. The summed E-state index contributed by atoms with van der Waals surface area (Å²) in [6.45, 7) is 2.01. The summed E-state index contributed by atoms with van der Waals surface area (Å²) in [5, 5.41) is 5.90. The molecule has 0 aliphatic heterocycles. The number of rotatable bonds is 2. The SMILES string of the molecule is Cc1ccc(NC(=S)NC(=O)c2cccc(Br)c2)cc1. The summed E-state index contributed by atoms with van der Waals surface area (Å²) >= 11 is 8.45. The van der Waals surface area contributed by atoms with Crippen molar-refractivity contribution >= 4 is 44.9 Å². The van der Waals surface area contributed by atoms with Crippen LogP contribution in [-0.4, -0.2) is 11.0 Å². The molecule has 0 spiro atoms. The third-order valence-corrected chi connectivity index (χ3v) is 3.32. The lowest BCUT2D eigenvalue weighted by Crippen LogP contribution is -2.34. The molecule has 0 heterocycles. The maximum absolute atomic E-state index is 12.0. The highest BCUT2D eigenvalue weighted by Crippen LogP contribution is 2.12. The molecular weight excluding hydrogens is 336 g/mol. The first-order valence-electron chi connectivity index (χ1n) is 5.99. The van der Waals surface area contributed by atoms with Crippen LogP contribution in [-0.2, 0) is 0 Å². The molecule has 0 saturated carbocycles. The number of nitrogens with one attached hydrogen (secondary N) is 2. The van der Waals surface area contributed by atoms with Gasteiger partial charge in [-0.1, -0.05) is 39.7 Å². The van der Waals surface area contributed by atoms with Gasteiger partial charge in [0.15, 0.2) is 5.11 Å². The van der Waals surface area contributed by atoms with Crippen molar-refractivity contribution in [2.75, 3.05) is 5.32 Å². The van der Waals surface area contributed by atoms with Crippen LogP contribution in [0.4, 0.5) is 5.69 Å². The van der Waals surface area contributed by atoms with Gasteiger partial charge in [0.1, 0.15) is 0 Å². The van der Waals surface area contributed by atoms with E-state index in [4.69, 9.17) is 12.2 Å². The molecule has 0 bridgehead atoms. The summed E-state index contributed by atoms with van der Waals surface area (Å²) in [6.07, 6.45) is 0. The van der Waals surface area contributed by atoms with Crippen molar-refractivity contribution in [3.63, 3.8) is 0 Å². The highest BCUT2D eigenvalue weighted by molar-refractivity contribution is 9.10. The number of thiocarbonyl (C=S) groups is 1. The van der Waals surface area contributed by atoms with Crippen molar-refractivity contribution in [2.45, 2.75) is 6.92 Å². The fourth-order valence-corrected chi connectivity index (χ4v) is 2.21. The van der Waals surface area contributed by atoms with Gasteiger partial charge in [0, 0.05) is 15.7 Å². The van der Waals surface area contributed by atoms with Gasteiger partial charge in [0.2, 0.25) is 0 Å². The summed E-state index contributed by atoms with van der Waals surface area (Å²) in [5.41, 5.74) is 2.56. The Morgan fingerprint density at radius 1 is 1.15 bits per heavy atom. The van der Waals surface area contributed by atoms with Crippen LogP contribution in [0.2, 0.25) is 0 Å². The van der Waals surface area contributed by atoms with Gasteiger partial charge in [-0.25, -0.2) is 0 Å². The molecule has 2 N–H and O–H groups in total. The van der Waals surface area contributed by atoms with Gasteiger partial charge in [-0.05, 0) is 49.5 Å². The Morgan fingerprint density at radius 2 is 1.85 bits per heavy atom. The molecule has 0 radical (unpaired) electrons. The number of amides is 1. The number of carbonyl (C=O) groups is 1. The second-order valence-electron chi connectivity index (χ2n) is 4.28. The van der Waals surface area contributed by atoms with E-state index in [2.05, 4.69) is 26.6 Å². The minimum absolute atomic E-state index is 0.240. The molecule has 2 rings (SSSR count). The Morgan fingerprint density at radius 3 is 2.50 bits per heavy atom. The molecule has 0 saturated heterocycles.